The van der Waals surface area contributed by atoms with Gasteiger partial charge in [-0.25, -0.2) is 22.3 Å². The molecule has 0 aliphatic carbocycles. The van der Waals surface area contributed by atoms with E-state index >= 15 is 0 Å². The second-order valence-corrected chi connectivity index (χ2v) is 9.47. The molecule has 0 unspecified atom stereocenters. The van der Waals surface area contributed by atoms with Crippen LogP contribution in [0.3, 0.4) is 0 Å². The Hall–Kier alpha value is -2.98. The summed E-state index contributed by atoms with van der Waals surface area (Å²) in [6, 6.07) is 10.1. The predicted octanol–water partition coefficient (Wildman–Crippen LogP) is 2.49. The molecule has 10 heteroatoms. The van der Waals surface area contributed by atoms with Crippen molar-refractivity contribution in [3.8, 4) is 0 Å². The highest BCUT2D eigenvalue weighted by atomic mass is 32.2. The highest BCUT2D eigenvalue weighted by Crippen LogP contribution is 2.15. The molecule has 1 saturated heterocycles. The summed E-state index contributed by atoms with van der Waals surface area (Å²) in [5, 5.41) is 2.70. The summed E-state index contributed by atoms with van der Waals surface area (Å²) in [5.41, 5.74) is 2.38. The Morgan fingerprint density at radius 2 is 1.56 bits per heavy atom. The molecular weight excluding hydrogens is 435 g/mol. The van der Waals surface area contributed by atoms with Crippen LogP contribution in [-0.2, 0) is 14.8 Å². The van der Waals surface area contributed by atoms with E-state index in [1.165, 1.54) is 24.3 Å². The van der Waals surface area contributed by atoms with Crippen molar-refractivity contribution in [2.24, 2.45) is 0 Å². The summed E-state index contributed by atoms with van der Waals surface area (Å²) in [5.74, 6) is -0.558. The van der Waals surface area contributed by atoms with Crippen LogP contribution in [0, 0.1) is 19.7 Å². The molecule has 32 heavy (non-hydrogen) atoms. The van der Waals surface area contributed by atoms with Gasteiger partial charge in [-0.05, 0) is 61.4 Å². The van der Waals surface area contributed by atoms with Gasteiger partial charge in [0.2, 0.25) is 15.9 Å². The maximum Gasteiger partial charge on any atom is 0.321 e. The number of anilines is 1. The molecule has 0 bridgehead atoms. The van der Waals surface area contributed by atoms with Gasteiger partial charge in [-0.3, -0.25) is 4.79 Å². The minimum atomic E-state index is -3.68. The molecular formula is C22H27FN4O4S. The fourth-order valence-electron chi connectivity index (χ4n) is 3.31. The second-order valence-electron chi connectivity index (χ2n) is 7.70. The summed E-state index contributed by atoms with van der Waals surface area (Å²) in [7, 11) is -3.68. The fraction of sp³-hybridized carbons (Fsp3) is 0.364. The van der Waals surface area contributed by atoms with Crippen LogP contribution in [0.25, 0.3) is 0 Å². The van der Waals surface area contributed by atoms with Gasteiger partial charge in [-0.2, -0.15) is 0 Å². The smallest absolute Gasteiger partial charge is 0.321 e. The topological polar surface area (TPSA) is 98.8 Å². The van der Waals surface area contributed by atoms with Crippen LogP contribution in [0.1, 0.15) is 17.5 Å². The second kappa shape index (κ2) is 10.1. The van der Waals surface area contributed by atoms with Crippen molar-refractivity contribution in [3.63, 3.8) is 0 Å². The van der Waals surface area contributed by atoms with Gasteiger partial charge < -0.3 is 15.1 Å². The van der Waals surface area contributed by atoms with Crippen LogP contribution < -0.4 is 10.0 Å². The van der Waals surface area contributed by atoms with Gasteiger partial charge in [0.05, 0.1) is 4.90 Å². The molecule has 0 spiro atoms. The van der Waals surface area contributed by atoms with Crippen LogP contribution in [-0.4, -0.2) is 62.9 Å². The van der Waals surface area contributed by atoms with E-state index in [0.29, 0.717) is 31.9 Å². The first-order valence-corrected chi connectivity index (χ1v) is 11.8. The molecule has 1 heterocycles. The minimum absolute atomic E-state index is 0.000637. The fourth-order valence-corrected chi connectivity index (χ4v) is 4.43. The highest BCUT2D eigenvalue weighted by Gasteiger charge is 2.24. The van der Waals surface area contributed by atoms with E-state index in [0.717, 1.165) is 11.1 Å². The normalized spacial score (nSPS) is 14.3. The zero-order valence-electron chi connectivity index (χ0n) is 18.1. The zero-order valence-corrected chi connectivity index (χ0v) is 18.9. The molecule has 3 rings (SSSR count). The van der Waals surface area contributed by atoms with Crippen LogP contribution in [0.5, 0.6) is 0 Å². The van der Waals surface area contributed by atoms with E-state index < -0.39 is 10.0 Å². The monoisotopic (exact) mass is 462 g/mol. The number of sulfonamides is 1. The number of hydrogen-bond donors (Lipinski definition) is 2. The average molecular weight is 463 g/mol. The first-order chi connectivity index (χ1) is 15.2. The summed E-state index contributed by atoms with van der Waals surface area (Å²) in [6.45, 7) is 5.18. The van der Waals surface area contributed by atoms with E-state index in [4.69, 9.17) is 0 Å². The Kier molecular flexibility index (Phi) is 7.47. The number of nitrogens with zero attached hydrogens (tertiary/aromatic N) is 2. The molecule has 2 aromatic rings. The standard InChI is InChI=1S/C22H27FN4O4S/c1-16-3-8-20(15-17(16)2)32(30,31)24-10-9-21(28)26-11-13-27(14-12-26)22(29)25-19-6-4-18(23)5-7-19/h3-8,15,24H,9-14H2,1-2H3,(H,25,29). The molecule has 2 N–H and O–H groups in total. The zero-order chi connectivity index (χ0) is 23.3. The molecule has 0 saturated carbocycles. The SMILES string of the molecule is Cc1ccc(S(=O)(=O)NCCC(=O)N2CCN(C(=O)Nc3ccc(F)cc3)CC2)cc1C. The summed E-state index contributed by atoms with van der Waals surface area (Å²) in [4.78, 5) is 28.2. The number of urea groups is 1. The van der Waals surface area contributed by atoms with Gasteiger partial charge in [0.15, 0.2) is 0 Å². The third kappa shape index (κ3) is 6.04. The van der Waals surface area contributed by atoms with Crippen molar-refractivity contribution in [1.82, 2.24) is 14.5 Å². The predicted molar refractivity (Wildman–Crippen MR) is 119 cm³/mol. The molecule has 1 fully saturated rings. The van der Waals surface area contributed by atoms with E-state index in [-0.39, 0.29) is 35.6 Å². The first kappa shape index (κ1) is 23.7. The number of benzene rings is 2. The molecule has 0 aromatic heterocycles. The number of hydrogen-bond acceptors (Lipinski definition) is 4. The van der Waals surface area contributed by atoms with Crippen molar-refractivity contribution in [1.29, 1.82) is 0 Å². The molecule has 0 atom stereocenters. The Balaban J connectivity index is 1.43. The first-order valence-electron chi connectivity index (χ1n) is 10.3. The van der Waals surface area contributed by atoms with Crippen molar-refractivity contribution < 1.29 is 22.4 Å². The number of amides is 3. The van der Waals surface area contributed by atoms with Gasteiger partial charge in [0.25, 0.3) is 0 Å². The maximum absolute atomic E-state index is 13.0. The summed E-state index contributed by atoms with van der Waals surface area (Å²) in [6.07, 6.45) is 0.0336. The minimum Gasteiger partial charge on any atom is -0.339 e. The van der Waals surface area contributed by atoms with Crippen molar-refractivity contribution >= 4 is 27.6 Å². The number of halogens is 1. The van der Waals surface area contributed by atoms with Crippen LogP contribution in [0.15, 0.2) is 47.4 Å². The highest BCUT2D eigenvalue weighted by molar-refractivity contribution is 7.89. The van der Waals surface area contributed by atoms with Gasteiger partial charge in [0.1, 0.15) is 5.82 Å². The van der Waals surface area contributed by atoms with Crippen LogP contribution in [0.2, 0.25) is 0 Å². The number of carbonyl (C=O) groups is 2. The molecule has 0 radical (unpaired) electrons. The summed E-state index contributed by atoms with van der Waals surface area (Å²) >= 11 is 0. The Morgan fingerprint density at radius 3 is 2.19 bits per heavy atom. The quantitative estimate of drug-likeness (QED) is 0.689. The number of rotatable bonds is 6. The van der Waals surface area contributed by atoms with Gasteiger partial charge in [0, 0.05) is 44.8 Å². The molecule has 3 amide bonds. The number of carbonyl (C=O) groups excluding carboxylic acids is 2. The Labute approximate surface area is 187 Å². The summed E-state index contributed by atoms with van der Waals surface area (Å²) < 4.78 is 40.3. The van der Waals surface area contributed by atoms with Crippen LogP contribution in [0.4, 0.5) is 14.9 Å². The molecule has 1 aliphatic rings. The van der Waals surface area contributed by atoms with Crippen molar-refractivity contribution in [3.05, 3.63) is 59.4 Å². The third-order valence-electron chi connectivity index (χ3n) is 5.43. The van der Waals surface area contributed by atoms with E-state index in [2.05, 4.69) is 10.0 Å². The lowest BCUT2D eigenvalue weighted by atomic mass is 10.1. The number of piperazine rings is 1. The van der Waals surface area contributed by atoms with Crippen molar-refractivity contribution in [2.45, 2.75) is 25.2 Å². The lowest BCUT2D eigenvalue weighted by molar-refractivity contribution is -0.132. The van der Waals surface area contributed by atoms with E-state index in [1.54, 1.807) is 28.0 Å². The van der Waals surface area contributed by atoms with Crippen LogP contribution >= 0.6 is 0 Å². The largest absolute Gasteiger partial charge is 0.339 e. The van der Waals surface area contributed by atoms with Crippen molar-refractivity contribution in [2.75, 3.05) is 38.0 Å². The third-order valence-corrected chi connectivity index (χ3v) is 6.89. The molecule has 8 nitrogen and oxygen atoms in total. The Bertz CT molecular complexity index is 1080. The lowest BCUT2D eigenvalue weighted by Crippen LogP contribution is -2.52. The molecule has 172 valence electrons. The average Bonchev–Trinajstić information content (AvgIpc) is 2.77. The Morgan fingerprint density at radius 1 is 0.938 bits per heavy atom. The molecule has 1 aliphatic heterocycles. The van der Waals surface area contributed by atoms with Gasteiger partial charge in [-0.1, -0.05) is 6.07 Å². The van der Waals surface area contributed by atoms with E-state index in [9.17, 15) is 22.4 Å². The number of nitrogens with one attached hydrogen (secondary N) is 2. The maximum atomic E-state index is 13.0. The molecule has 2 aromatic carbocycles. The van der Waals surface area contributed by atoms with E-state index in [1.807, 2.05) is 13.8 Å². The number of aryl methyl sites for hydroxylation is 2. The van der Waals surface area contributed by atoms with Gasteiger partial charge >= 0.3 is 6.03 Å². The van der Waals surface area contributed by atoms with Gasteiger partial charge in [-0.15, -0.1) is 0 Å². The lowest BCUT2D eigenvalue weighted by Gasteiger charge is -2.34.